The van der Waals surface area contributed by atoms with E-state index in [4.69, 9.17) is 4.74 Å². The van der Waals surface area contributed by atoms with Crippen molar-refractivity contribution >= 4 is 11.9 Å². The molecule has 0 radical (unpaired) electrons. The SMILES string of the molecule is C[C@H]1[C@H](CNC(=O)OCc2ccccc2)C(=O)CCC1(C)C. The van der Waals surface area contributed by atoms with Gasteiger partial charge in [-0.1, -0.05) is 51.1 Å². The molecule has 0 bridgehead atoms. The summed E-state index contributed by atoms with van der Waals surface area (Å²) in [6.45, 7) is 7.07. The molecule has 0 aliphatic heterocycles. The average Bonchev–Trinajstić information content (AvgIpc) is 2.51. The highest BCUT2D eigenvalue weighted by Gasteiger charge is 2.40. The van der Waals surface area contributed by atoms with Crippen LogP contribution in [-0.2, 0) is 16.1 Å². The fraction of sp³-hybridized carbons (Fsp3) is 0.556. The summed E-state index contributed by atoms with van der Waals surface area (Å²) in [5, 5.41) is 2.74. The number of hydrogen-bond donors (Lipinski definition) is 1. The molecule has 4 heteroatoms. The Morgan fingerprint density at radius 1 is 1.32 bits per heavy atom. The average molecular weight is 303 g/mol. The molecule has 1 aliphatic rings. The van der Waals surface area contributed by atoms with E-state index >= 15 is 0 Å². The number of ether oxygens (including phenoxy) is 1. The van der Waals surface area contributed by atoms with Crippen molar-refractivity contribution in [3.63, 3.8) is 0 Å². The van der Waals surface area contributed by atoms with Gasteiger partial charge in [0.05, 0.1) is 0 Å². The van der Waals surface area contributed by atoms with Crippen molar-refractivity contribution in [1.29, 1.82) is 0 Å². The van der Waals surface area contributed by atoms with Gasteiger partial charge in [-0.15, -0.1) is 0 Å². The summed E-state index contributed by atoms with van der Waals surface area (Å²) in [6, 6.07) is 9.54. The Balaban J connectivity index is 1.81. The molecule has 120 valence electrons. The number of nitrogens with one attached hydrogen (secondary N) is 1. The van der Waals surface area contributed by atoms with Crippen LogP contribution in [0.15, 0.2) is 30.3 Å². The van der Waals surface area contributed by atoms with Crippen LogP contribution in [0.2, 0.25) is 0 Å². The molecule has 2 atom stereocenters. The predicted octanol–water partition coefficient (Wildman–Crippen LogP) is 3.55. The maximum absolute atomic E-state index is 12.1. The first-order valence-corrected chi connectivity index (χ1v) is 7.87. The normalized spacial score (nSPS) is 23.9. The van der Waals surface area contributed by atoms with Crippen LogP contribution in [0, 0.1) is 17.3 Å². The van der Waals surface area contributed by atoms with Gasteiger partial charge in [-0.25, -0.2) is 4.79 Å². The maximum atomic E-state index is 12.1. The van der Waals surface area contributed by atoms with Crippen molar-refractivity contribution in [1.82, 2.24) is 5.32 Å². The number of ketones is 1. The first kappa shape index (κ1) is 16.5. The number of carbonyl (C=O) groups is 2. The van der Waals surface area contributed by atoms with Crippen molar-refractivity contribution in [2.75, 3.05) is 6.54 Å². The number of Topliss-reactive ketones (excluding diaryl/α,β-unsaturated/α-hetero) is 1. The number of carbonyl (C=O) groups excluding carboxylic acids is 2. The summed E-state index contributed by atoms with van der Waals surface area (Å²) < 4.78 is 5.18. The lowest BCUT2D eigenvalue weighted by Crippen LogP contribution is -2.44. The topological polar surface area (TPSA) is 55.4 Å². The van der Waals surface area contributed by atoms with E-state index in [1.165, 1.54) is 0 Å². The molecule has 1 saturated carbocycles. The molecule has 0 heterocycles. The molecule has 1 aliphatic carbocycles. The lowest BCUT2D eigenvalue weighted by molar-refractivity contribution is -0.130. The highest BCUT2D eigenvalue weighted by Crippen LogP contribution is 2.41. The lowest BCUT2D eigenvalue weighted by Gasteiger charge is -2.41. The zero-order valence-corrected chi connectivity index (χ0v) is 13.6. The Labute approximate surface area is 132 Å². The van der Waals surface area contributed by atoms with Crippen LogP contribution in [0.5, 0.6) is 0 Å². The monoisotopic (exact) mass is 303 g/mol. The molecular formula is C18H25NO3. The Bertz CT molecular complexity index is 524. The van der Waals surface area contributed by atoms with Crippen LogP contribution in [0.3, 0.4) is 0 Å². The summed E-state index contributed by atoms with van der Waals surface area (Å²) in [4.78, 5) is 23.9. The fourth-order valence-corrected chi connectivity index (χ4v) is 2.94. The third-order valence-corrected chi connectivity index (χ3v) is 4.94. The molecule has 22 heavy (non-hydrogen) atoms. The molecule has 1 aromatic carbocycles. The van der Waals surface area contributed by atoms with E-state index in [0.29, 0.717) is 13.0 Å². The van der Waals surface area contributed by atoms with E-state index in [1.807, 2.05) is 30.3 Å². The molecule has 2 rings (SSSR count). The molecule has 0 unspecified atom stereocenters. The van der Waals surface area contributed by atoms with E-state index in [1.54, 1.807) is 0 Å². The fourth-order valence-electron chi connectivity index (χ4n) is 2.94. The van der Waals surface area contributed by atoms with Crippen molar-refractivity contribution in [3.05, 3.63) is 35.9 Å². The number of alkyl carbamates (subject to hydrolysis) is 1. The third-order valence-electron chi connectivity index (χ3n) is 4.94. The van der Waals surface area contributed by atoms with Gasteiger partial charge in [0.15, 0.2) is 0 Å². The molecule has 1 fully saturated rings. The van der Waals surface area contributed by atoms with Gasteiger partial charge in [0, 0.05) is 18.9 Å². The van der Waals surface area contributed by atoms with Gasteiger partial charge in [-0.3, -0.25) is 4.79 Å². The zero-order valence-electron chi connectivity index (χ0n) is 13.6. The van der Waals surface area contributed by atoms with E-state index in [2.05, 4.69) is 26.1 Å². The summed E-state index contributed by atoms with van der Waals surface area (Å²) in [6.07, 6.45) is 1.05. The quantitative estimate of drug-likeness (QED) is 0.925. The maximum Gasteiger partial charge on any atom is 0.407 e. The lowest BCUT2D eigenvalue weighted by atomic mass is 9.64. The van der Waals surface area contributed by atoms with Crippen LogP contribution >= 0.6 is 0 Å². The van der Waals surface area contributed by atoms with Crippen molar-refractivity contribution < 1.29 is 14.3 Å². The van der Waals surface area contributed by atoms with Crippen LogP contribution < -0.4 is 5.32 Å². The largest absolute Gasteiger partial charge is 0.445 e. The second-order valence-corrected chi connectivity index (χ2v) is 6.79. The molecular weight excluding hydrogens is 278 g/mol. The first-order valence-electron chi connectivity index (χ1n) is 7.87. The minimum atomic E-state index is -0.466. The van der Waals surface area contributed by atoms with Gasteiger partial charge in [0.2, 0.25) is 0 Å². The summed E-state index contributed by atoms with van der Waals surface area (Å²) in [5.74, 6) is 0.381. The molecule has 0 saturated heterocycles. The minimum absolute atomic E-state index is 0.118. The zero-order chi connectivity index (χ0) is 16.2. The number of amides is 1. The molecule has 0 spiro atoms. The smallest absolute Gasteiger partial charge is 0.407 e. The van der Waals surface area contributed by atoms with Crippen LogP contribution in [0.4, 0.5) is 4.79 Å². The second kappa shape index (κ2) is 6.95. The van der Waals surface area contributed by atoms with Crippen LogP contribution in [0.25, 0.3) is 0 Å². The van der Waals surface area contributed by atoms with Crippen molar-refractivity contribution in [2.24, 2.45) is 17.3 Å². The number of rotatable bonds is 4. The Morgan fingerprint density at radius 2 is 2.00 bits per heavy atom. The number of hydrogen-bond acceptors (Lipinski definition) is 3. The predicted molar refractivity (Wildman–Crippen MR) is 85.3 cm³/mol. The molecule has 4 nitrogen and oxygen atoms in total. The van der Waals surface area contributed by atoms with Gasteiger partial charge >= 0.3 is 6.09 Å². The van der Waals surface area contributed by atoms with E-state index < -0.39 is 6.09 Å². The van der Waals surface area contributed by atoms with E-state index in [0.717, 1.165) is 12.0 Å². The van der Waals surface area contributed by atoms with Crippen LogP contribution in [-0.4, -0.2) is 18.4 Å². The highest BCUT2D eigenvalue weighted by atomic mass is 16.5. The van der Waals surface area contributed by atoms with Gasteiger partial charge in [-0.2, -0.15) is 0 Å². The minimum Gasteiger partial charge on any atom is -0.445 e. The Kier molecular flexibility index (Phi) is 5.22. The van der Waals surface area contributed by atoms with E-state index in [9.17, 15) is 9.59 Å². The molecule has 1 N–H and O–H groups in total. The Hall–Kier alpha value is -1.84. The second-order valence-electron chi connectivity index (χ2n) is 6.79. The van der Waals surface area contributed by atoms with Gasteiger partial charge in [-0.05, 0) is 23.3 Å². The molecule has 1 aromatic rings. The third kappa shape index (κ3) is 4.09. The Morgan fingerprint density at radius 3 is 2.68 bits per heavy atom. The summed E-state index contributed by atoms with van der Waals surface area (Å²) in [7, 11) is 0. The van der Waals surface area contributed by atoms with Gasteiger partial charge in [0.1, 0.15) is 12.4 Å². The highest BCUT2D eigenvalue weighted by molar-refractivity contribution is 5.83. The van der Waals surface area contributed by atoms with Crippen LogP contribution in [0.1, 0.15) is 39.2 Å². The number of benzene rings is 1. The van der Waals surface area contributed by atoms with Gasteiger partial charge in [0.25, 0.3) is 0 Å². The van der Waals surface area contributed by atoms with Crippen molar-refractivity contribution in [2.45, 2.75) is 40.2 Å². The van der Waals surface area contributed by atoms with Crippen molar-refractivity contribution in [3.8, 4) is 0 Å². The summed E-state index contributed by atoms with van der Waals surface area (Å²) >= 11 is 0. The standard InChI is InChI=1S/C18H25NO3/c1-13-15(16(20)9-10-18(13,2)3)11-19-17(21)22-12-14-7-5-4-6-8-14/h4-8,13,15H,9-12H2,1-3H3,(H,19,21)/t13-,15-/m0/s1. The first-order chi connectivity index (χ1) is 10.4. The van der Waals surface area contributed by atoms with E-state index in [-0.39, 0.29) is 29.6 Å². The summed E-state index contributed by atoms with van der Waals surface area (Å²) in [5.41, 5.74) is 1.08. The van der Waals surface area contributed by atoms with Gasteiger partial charge < -0.3 is 10.1 Å². The molecule has 0 aromatic heterocycles. The molecule has 1 amide bonds.